The molecule has 20 heteroatoms. The highest BCUT2D eigenvalue weighted by atomic mass is 32.2. The Bertz CT molecular complexity index is 2720. The number of sulfonamides is 1. The Balaban J connectivity index is 1.17. The lowest BCUT2D eigenvalue weighted by Crippen LogP contribution is -2.62. The first-order valence-electron chi connectivity index (χ1n) is 22.5. The predicted octanol–water partition coefficient (Wildman–Crippen LogP) is 8.59. The molecule has 4 atom stereocenters. The summed E-state index contributed by atoms with van der Waals surface area (Å²) in [5.74, 6) is -3.37. The molecule has 360 valence electrons. The Morgan fingerprint density at radius 3 is 2.51 bits per heavy atom. The average Bonchev–Trinajstić information content (AvgIpc) is 3.59. The summed E-state index contributed by atoms with van der Waals surface area (Å²) in [5.41, 5.74) is 1.94. The molecule has 3 fully saturated rings. The molecular weight excluding hydrogens is 917 g/mol. The van der Waals surface area contributed by atoms with Gasteiger partial charge in [-0.3, -0.25) is 19.1 Å². The van der Waals surface area contributed by atoms with Crippen molar-refractivity contribution in [2.75, 3.05) is 19.0 Å². The summed E-state index contributed by atoms with van der Waals surface area (Å²) in [6.45, 7) is 7.37. The molecule has 2 bridgehead atoms. The number of aryl methyl sites for hydroxylation is 1. The molecule has 0 spiro atoms. The molecule has 2 aromatic heterocycles. The van der Waals surface area contributed by atoms with Crippen molar-refractivity contribution < 1.29 is 54.6 Å². The van der Waals surface area contributed by atoms with Crippen molar-refractivity contribution >= 4 is 55.7 Å². The molecular formula is C47H54F4N6O8S2. The number of ether oxygens (including phenoxy) is 3. The lowest BCUT2D eigenvalue weighted by atomic mass is 9.95. The number of halogens is 4. The van der Waals surface area contributed by atoms with E-state index >= 15 is 4.79 Å². The second-order valence-electron chi connectivity index (χ2n) is 18.5. The highest BCUT2D eigenvalue weighted by Gasteiger charge is 2.55. The predicted molar refractivity (Wildman–Crippen MR) is 244 cm³/mol. The first kappa shape index (κ1) is 48.0. The number of carbonyl (C=O) groups is 3. The van der Waals surface area contributed by atoms with E-state index in [1.165, 1.54) is 22.3 Å². The molecule has 2 aliphatic heterocycles. The van der Waals surface area contributed by atoms with Crippen molar-refractivity contribution in [3.8, 4) is 28.0 Å². The van der Waals surface area contributed by atoms with Gasteiger partial charge in [0.25, 0.3) is 5.91 Å². The molecule has 1 saturated heterocycles. The van der Waals surface area contributed by atoms with E-state index in [4.69, 9.17) is 19.4 Å². The molecule has 2 aliphatic carbocycles. The Labute approximate surface area is 390 Å². The summed E-state index contributed by atoms with van der Waals surface area (Å²) in [4.78, 5) is 55.4. The zero-order valence-corrected chi connectivity index (χ0v) is 39.5. The normalized spacial score (nSPS) is 24.2. The number of hydrogen-bond donors (Lipinski definition) is 3. The van der Waals surface area contributed by atoms with Crippen LogP contribution in [0.3, 0.4) is 0 Å². The maximum absolute atomic E-state index is 15.0. The van der Waals surface area contributed by atoms with E-state index in [1.54, 1.807) is 26.2 Å². The van der Waals surface area contributed by atoms with Crippen LogP contribution in [0.5, 0.6) is 17.2 Å². The summed E-state index contributed by atoms with van der Waals surface area (Å²) in [7, 11) is -2.54. The molecule has 4 aliphatic rings. The lowest BCUT2D eigenvalue weighted by molar-refractivity contribution is -0.275. The number of fused-ring (bicyclic) bond motifs is 4. The van der Waals surface area contributed by atoms with Crippen LogP contribution in [0, 0.1) is 12.7 Å². The number of alkyl halides is 3. The largest absolute Gasteiger partial charge is 0.573 e. The number of pyridine rings is 1. The molecule has 0 radical (unpaired) electrons. The Morgan fingerprint density at radius 1 is 1.03 bits per heavy atom. The minimum Gasteiger partial charge on any atom is -0.496 e. The first-order valence-corrected chi connectivity index (χ1v) is 24.8. The smallest absolute Gasteiger partial charge is 0.496 e. The van der Waals surface area contributed by atoms with Gasteiger partial charge in [-0.1, -0.05) is 38.3 Å². The van der Waals surface area contributed by atoms with Crippen LogP contribution in [0.25, 0.3) is 21.6 Å². The molecule has 3 amide bonds. The minimum absolute atomic E-state index is 0.0301. The summed E-state index contributed by atoms with van der Waals surface area (Å²) >= 11 is 1.43. The van der Waals surface area contributed by atoms with Gasteiger partial charge in [0, 0.05) is 47.0 Å². The summed E-state index contributed by atoms with van der Waals surface area (Å²) < 4.78 is 98.7. The van der Waals surface area contributed by atoms with Gasteiger partial charge < -0.3 is 29.7 Å². The lowest BCUT2D eigenvalue weighted by Gasteiger charge is -2.33. The summed E-state index contributed by atoms with van der Waals surface area (Å²) in [6.07, 6.45) is -0.0486. The third-order valence-electron chi connectivity index (χ3n) is 13.3. The van der Waals surface area contributed by atoms with Crippen LogP contribution in [-0.4, -0.2) is 89.5 Å². The number of amides is 3. The number of hydrogen-bond acceptors (Lipinski definition) is 12. The van der Waals surface area contributed by atoms with E-state index < -0.39 is 74.1 Å². The van der Waals surface area contributed by atoms with Gasteiger partial charge in [-0.05, 0) is 89.0 Å². The van der Waals surface area contributed by atoms with Gasteiger partial charge in [0.15, 0.2) is 11.6 Å². The molecule has 2 saturated carbocycles. The first-order chi connectivity index (χ1) is 31.7. The molecule has 0 unspecified atom stereocenters. The van der Waals surface area contributed by atoms with Gasteiger partial charge in [-0.15, -0.1) is 24.5 Å². The highest BCUT2D eigenvalue weighted by Crippen LogP contribution is 2.44. The second kappa shape index (κ2) is 18.5. The number of methoxy groups -OCH3 is 1. The maximum atomic E-state index is 15.0. The van der Waals surface area contributed by atoms with Crippen LogP contribution in [0.15, 0.2) is 53.4 Å². The van der Waals surface area contributed by atoms with Gasteiger partial charge >= 0.3 is 6.36 Å². The second-order valence-corrected chi connectivity index (χ2v) is 21.6. The fourth-order valence-corrected chi connectivity index (χ4v) is 11.3. The molecule has 8 rings (SSSR count). The van der Waals surface area contributed by atoms with Crippen molar-refractivity contribution in [1.29, 1.82) is 0 Å². The molecule has 2 aromatic carbocycles. The van der Waals surface area contributed by atoms with E-state index in [9.17, 15) is 35.6 Å². The number of carbonyl (C=O) groups excluding carboxylic acids is 3. The van der Waals surface area contributed by atoms with Crippen LogP contribution < -0.4 is 29.6 Å². The molecule has 4 heterocycles. The number of benzene rings is 2. The number of thiazole rings is 1. The molecule has 14 nitrogen and oxygen atoms in total. The zero-order valence-electron chi connectivity index (χ0n) is 37.8. The average molecular weight is 971 g/mol. The van der Waals surface area contributed by atoms with Gasteiger partial charge in [-0.2, -0.15) is 0 Å². The fourth-order valence-electron chi connectivity index (χ4n) is 9.04. The number of rotatable bonds is 11. The maximum Gasteiger partial charge on any atom is 0.573 e. The van der Waals surface area contributed by atoms with Crippen molar-refractivity contribution in [3.63, 3.8) is 0 Å². The monoisotopic (exact) mass is 970 g/mol. The SMILES string of the molecule is COc1ccc2c(O[C@@H]3C[C@H]4C(=O)N[C@]5(C(=O)NS(=O)(=O)C6(C)CC6)CC/C(=C/CCCCC[C@H](Nc6ccc(F)c(OC(F)(F)F)c6)C(=O)N4C3)C5)cc(-c3nc(C(C)C)cs3)nc2c1C. The zero-order chi connectivity index (χ0) is 48.1. The summed E-state index contributed by atoms with van der Waals surface area (Å²) in [5, 5.41) is 9.17. The van der Waals surface area contributed by atoms with E-state index in [0.717, 1.165) is 29.0 Å². The van der Waals surface area contributed by atoms with Crippen molar-refractivity contribution in [1.82, 2.24) is 24.9 Å². The Kier molecular flexibility index (Phi) is 13.3. The Hall–Kier alpha value is -5.50. The van der Waals surface area contributed by atoms with E-state index in [-0.39, 0.29) is 43.8 Å². The fraction of sp³-hybridized carbons (Fsp3) is 0.511. The van der Waals surface area contributed by atoms with Crippen LogP contribution in [0.2, 0.25) is 0 Å². The number of aromatic nitrogens is 2. The third kappa shape index (κ3) is 10.2. The van der Waals surface area contributed by atoms with Crippen molar-refractivity contribution in [2.24, 2.45) is 0 Å². The van der Waals surface area contributed by atoms with Crippen LogP contribution in [-0.2, 0) is 24.4 Å². The third-order valence-corrected chi connectivity index (χ3v) is 16.3. The number of anilines is 1. The summed E-state index contributed by atoms with van der Waals surface area (Å²) in [6, 6.07) is 5.79. The van der Waals surface area contributed by atoms with Crippen LogP contribution >= 0.6 is 11.3 Å². The molecule has 4 aromatic rings. The van der Waals surface area contributed by atoms with Gasteiger partial charge in [0.05, 0.1) is 29.6 Å². The topological polar surface area (TPSA) is 178 Å². The minimum atomic E-state index is -5.18. The van der Waals surface area contributed by atoms with Crippen molar-refractivity contribution in [3.05, 3.63) is 70.5 Å². The highest BCUT2D eigenvalue weighted by molar-refractivity contribution is 7.91. The van der Waals surface area contributed by atoms with Gasteiger partial charge in [0.2, 0.25) is 21.8 Å². The number of nitrogens with one attached hydrogen (secondary N) is 3. The van der Waals surface area contributed by atoms with Crippen molar-refractivity contribution in [2.45, 2.75) is 139 Å². The van der Waals surface area contributed by atoms with Crippen LogP contribution in [0.1, 0.15) is 109 Å². The van der Waals surface area contributed by atoms with E-state index in [2.05, 4.69) is 20.1 Å². The number of allylic oxidation sites excluding steroid dienone is 1. The van der Waals surface area contributed by atoms with E-state index in [0.29, 0.717) is 78.0 Å². The molecule has 67 heavy (non-hydrogen) atoms. The van der Waals surface area contributed by atoms with Crippen LogP contribution in [0.4, 0.5) is 23.2 Å². The van der Waals surface area contributed by atoms with Gasteiger partial charge in [-0.25, -0.2) is 22.8 Å². The quantitative estimate of drug-likeness (QED) is 0.0969. The number of nitrogens with zero attached hydrogens (tertiary/aromatic N) is 3. The van der Waals surface area contributed by atoms with E-state index in [1.807, 2.05) is 38.3 Å². The molecule has 3 N–H and O–H groups in total. The Morgan fingerprint density at radius 2 is 1.81 bits per heavy atom. The van der Waals surface area contributed by atoms with Gasteiger partial charge in [0.1, 0.15) is 45.9 Å². The standard InChI is InChI=1S/C47H54F4N6O8S2/c1-26(2)35-25-66-42(54-35)34-22-38(31-13-15-37(63-5)27(3)40(31)53-34)64-30-21-36-41(58)55-46(44(60)56-67(61,62)45(4)18-19-45)17-16-28(23-46)10-8-6-7-9-11-33(43(59)57(36)24-30)52-29-12-14-32(48)39(20-29)65-47(49,50)51/h10,12-15,20,22,25-26,30,33,36,52H,6-9,11,16-19,21,23-24H2,1-5H3,(H,55,58)(H,56,60)/b28-10-/t30-,33+,36+,46-/m1/s1.